The van der Waals surface area contributed by atoms with Gasteiger partial charge in [-0.15, -0.1) is 0 Å². The number of rotatable bonds is 5. The first-order valence-corrected chi connectivity index (χ1v) is 12.1. The van der Waals surface area contributed by atoms with Crippen LogP contribution in [0.4, 0.5) is 0 Å². The van der Waals surface area contributed by atoms with Crippen molar-refractivity contribution in [3.63, 3.8) is 0 Å². The largest absolute Gasteiger partial charge is 0.315 e. The van der Waals surface area contributed by atoms with Gasteiger partial charge < -0.3 is 4.90 Å². The Hall–Kier alpha value is -0.480. The maximum absolute atomic E-state index is 13.1. The van der Waals surface area contributed by atoms with E-state index in [1.807, 2.05) is 20.0 Å². The molecule has 0 bridgehead atoms. The van der Waals surface area contributed by atoms with Gasteiger partial charge >= 0.3 is 0 Å². The predicted octanol–water partition coefficient (Wildman–Crippen LogP) is 2.00. The van der Waals surface area contributed by atoms with E-state index in [1.54, 1.807) is 4.90 Å². The van der Waals surface area contributed by atoms with Crippen LogP contribution in [-0.4, -0.2) is 48.7 Å². The lowest BCUT2D eigenvalue weighted by molar-refractivity contribution is -0.138. The Kier molecular flexibility index (Phi) is 5.20. The van der Waals surface area contributed by atoms with E-state index in [9.17, 15) is 13.2 Å². The van der Waals surface area contributed by atoms with Crippen molar-refractivity contribution in [3.8, 4) is 0 Å². The van der Waals surface area contributed by atoms with E-state index in [0.29, 0.717) is 25.8 Å². The van der Waals surface area contributed by atoms with Crippen LogP contribution < -0.4 is 10.2 Å². The lowest BCUT2D eigenvalue weighted by Gasteiger charge is -2.41. The maximum atomic E-state index is 13.1. The highest BCUT2D eigenvalue weighted by Gasteiger charge is 2.48. The normalized spacial score (nSPS) is 38.5. The number of carbonyl (C=O) groups excluding carboxylic acids is 1. The number of amides is 1. The number of nitrogens with one attached hydrogen (secondary N) is 2. The maximum Gasteiger partial charge on any atom is 0.230 e. The summed E-state index contributed by atoms with van der Waals surface area (Å²) >= 11 is 3.63. The zero-order valence-corrected chi connectivity index (χ0v) is 18.2. The van der Waals surface area contributed by atoms with Gasteiger partial charge in [-0.2, -0.15) is 5.48 Å². The SMILES string of the molecule is CC1CC(CN2C=C(Br)C3CCC(S(=O)(=O)NC4(C)CC4)CC3C2=O)ON1. The Labute approximate surface area is 169 Å². The van der Waals surface area contributed by atoms with Crippen molar-refractivity contribution in [2.24, 2.45) is 11.8 Å². The van der Waals surface area contributed by atoms with Gasteiger partial charge in [0.2, 0.25) is 15.9 Å². The molecule has 4 rings (SSSR count). The molecule has 0 aromatic carbocycles. The van der Waals surface area contributed by atoms with Gasteiger partial charge in [0.05, 0.1) is 17.9 Å². The summed E-state index contributed by atoms with van der Waals surface area (Å²) in [7, 11) is -3.41. The Balaban J connectivity index is 1.47. The molecule has 3 fully saturated rings. The average molecular weight is 462 g/mol. The summed E-state index contributed by atoms with van der Waals surface area (Å²) < 4.78 is 29.5. The highest BCUT2D eigenvalue weighted by Crippen LogP contribution is 2.44. The van der Waals surface area contributed by atoms with Crippen LogP contribution in [0.5, 0.6) is 0 Å². The summed E-state index contributed by atoms with van der Waals surface area (Å²) in [5, 5.41) is -0.496. The number of halogens is 1. The van der Waals surface area contributed by atoms with Crippen LogP contribution in [0.1, 0.15) is 52.4 Å². The number of hydrogen-bond acceptors (Lipinski definition) is 5. The third kappa shape index (κ3) is 4.12. The number of fused-ring (bicyclic) bond motifs is 1. The summed E-state index contributed by atoms with van der Waals surface area (Å²) in [5.74, 6) is -0.194. The van der Waals surface area contributed by atoms with Crippen molar-refractivity contribution in [1.29, 1.82) is 0 Å². The summed E-state index contributed by atoms with van der Waals surface area (Å²) in [6.07, 6.45) is 6.14. The van der Waals surface area contributed by atoms with Gasteiger partial charge in [-0.1, -0.05) is 15.9 Å². The second-order valence-electron chi connectivity index (χ2n) is 8.85. The molecule has 7 nitrogen and oxygen atoms in total. The van der Waals surface area contributed by atoms with E-state index in [-0.39, 0.29) is 35.4 Å². The Morgan fingerprint density at radius 3 is 2.70 bits per heavy atom. The topological polar surface area (TPSA) is 87.7 Å². The zero-order valence-electron chi connectivity index (χ0n) is 15.8. The van der Waals surface area contributed by atoms with Gasteiger partial charge in [0.25, 0.3) is 0 Å². The van der Waals surface area contributed by atoms with Gasteiger partial charge in [0.15, 0.2) is 0 Å². The molecule has 9 heteroatoms. The van der Waals surface area contributed by atoms with Crippen molar-refractivity contribution in [3.05, 3.63) is 10.7 Å². The molecule has 1 amide bonds. The van der Waals surface area contributed by atoms with Crippen molar-refractivity contribution in [2.75, 3.05) is 6.54 Å². The van der Waals surface area contributed by atoms with Crippen LogP contribution in [0.25, 0.3) is 0 Å². The van der Waals surface area contributed by atoms with E-state index in [1.165, 1.54) is 0 Å². The molecule has 2 aliphatic heterocycles. The Morgan fingerprint density at radius 2 is 2.07 bits per heavy atom. The van der Waals surface area contributed by atoms with E-state index in [0.717, 1.165) is 23.7 Å². The van der Waals surface area contributed by atoms with Crippen LogP contribution >= 0.6 is 15.9 Å². The molecule has 2 aliphatic carbocycles. The van der Waals surface area contributed by atoms with Gasteiger partial charge in [0.1, 0.15) is 0 Å². The van der Waals surface area contributed by atoms with E-state index in [4.69, 9.17) is 4.84 Å². The molecule has 2 N–H and O–H groups in total. The van der Waals surface area contributed by atoms with Gasteiger partial charge in [-0.25, -0.2) is 13.1 Å². The summed E-state index contributed by atoms with van der Waals surface area (Å²) in [4.78, 5) is 20.4. The van der Waals surface area contributed by atoms with Crippen LogP contribution in [0, 0.1) is 11.8 Å². The number of nitrogens with zero attached hydrogens (tertiary/aromatic N) is 1. The van der Waals surface area contributed by atoms with Crippen LogP contribution in [-0.2, 0) is 19.7 Å². The number of sulfonamides is 1. The van der Waals surface area contributed by atoms with Crippen molar-refractivity contribution in [2.45, 2.75) is 75.3 Å². The molecule has 5 atom stereocenters. The van der Waals surface area contributed by atoms with Gasteiger partial charge in [0, 0.05) is 34.1 Å². The molecule has 0 aromatic heterocycles. The minimum absolute atomic E-state index is 0.0175. The standard InChI is InChI=1S/C18H28BrN3O4S/c1-11-7-12(26-20-11)9-22-10-16(19)14-4-3-13(8-15(14)17(22)23)27(24,25)21-18(2)5-6-18/h10-15,20-21H,3-9H2,1-2H3. The number of hydrogen-bond donors (Lipinski definition) is 2. The first-order chi connectivity index (χ1) is 12.7. The van der Waals surface area contributed by atoms with E-state index < -0.39 is 15.3 Å². The number of allylic oxidation sites excluding steroid dienone is 1. The molecular formula is C18H28BrN3O4S. The highest BCUT2D eigenvalue weighted by atomic mass is 79.9. The Bertz CT molecular complexity index is 752. The first kappa shape index (κ1) is 19.8. The second kappa shape index (κ2) is 7.09. The van der Waals surface area contributed by atoms with Crippen molar-refractivity contribution >= 4 is 31.9 Å². The zero-order chi connectivity index (χ0) is 19.4. The lowest BCUT2D eigenvalue weighted by Crippen LogP contribution is -2.50. The van der Waals surface area contributed by atoms with Crippen LogP contribution in [0.3, 0.4) is 0 Å². The summed E-state index contributed by atoms with van der Waals surface area (Å²) in [5.41, 5.74) is 2.66. The Morgan fingerprint density at radius 1 is 1.33 bits per heavy atom. The molecule has 2 saturated carbocycles. The molecule has 0 aromatic rings. The molecule has 27 heavy (non-hydrogen) atoms. The minimum Gasteiger partial charge on any atom is -0.315 e. The molecule has 2 heterocycles. The fraction of sp³-hybridized carbons (Fsp3) is 0.833. The summed E-state index contributed by atoms with van der Waals surface area (Å²) in [6.45, 7) is 4.48. The van der Waals surface area contributed by atoms with Crippen molar-refractivity contribution < 1.29 is 18.0 Å². The van der Waals surface area contributed by atoms with Crippen LogP contribution in [0.15, 0.2) is 10.7 Å². The van der Waals surface area contributed by atoms with Crippen molar-refractivity contribution in [1.82, 2.24) is 15.1 Å². The second-order valence-corrected chi connectivity index (χ2v) is 11.7. The summed E-state index contributed by atoms with van der Waals surface area (Å²) in [6, 6.07) is 0.272. The number of carbonyl (C=O) groups is 1. The van der Waals surface area contributed by atoms with E-state index >= 15 is 0 Å². The smallest absolute Gasteiger partial charge is 0.230 e. The molecule has 4 aliphatic rings. The first-order valence-electron chi connectivity index (χ1n) is 9.78. The van der Waals surface area contributed by atoms with Gasteiger partial charge in [-0.05, 0) is 52.4 Å². The predicted molar refractivity (Wildman–Crippen MR) is 105 cm³/mol. The van der Waals surface area contributed by atoms with Gasteiger partial charge in [-0.3, -0.25) is 9.63 Å². The molecule has 0 spiro atoms. The quantitative estimate of drug-likeness (QED) is 0.653. The molecule has 152 valence electrons. The third-order valence-corrected chi connectivity index (χ3v) is 9.19. The molecule has 5 unspecified atom stereocenters. The van der Waals surface area contributed by atoms with Crippen LogP contribution in [0.2, 0.25) is 0 Å². The monoisotopic (exact) mass is 461 g/mol. The average Bonchev–Trinajstić information content (AvgIpc) is 3.17. The fourth-order valence-corrected chi connectivity index (χ4v) is 7.19. The third-order valence-electron chi connectivity index (χ3n) is 6.32. The van der Waals surface area contributed by atoms with E-state index in [2.05, 4.69) is 26.1 Å². The molecular weight excluding hydrogens is 434 g/mol. The fourth-order valence-electron chi connectivity index (χ4n) is 4.43. The molecule has 1 saturated heterocycles. The highest BCUT2D eigenvalue weighted by molar-refractivity contribution is 9.11. The molecule has 0 radical (unpaired) electrons. The minimum atomic E-state index is -3.41. The number of hydroxylamine groups is 1. The lowest BCUT2D eigenvalue weighted by atomic mass is 9.76.